The molecule has 1 saturated heterocycles. The third kappa shape index (κ3) is 5.80. The molecule has 2 aromatic heterocycles. The van der Waals surface area contributed by atoms with E-state index in [0.29, 0.717) is 36.0 Å². The van der Waals surface area contributed by atoms with Crippen LogP contribution >= 0.6 is 0 Å². The number of pyridine rings is 1. The summed E-state index contributed by atoms with van der Waals surface area (Å²) in [6, 6.07) is 6.89. The van der Waals surface area contributed by atoms with E-state index in [0.717, 1.165) is 36.4 Å². The van der Waals surface area contributed by atoms with Crippen LogP contribution < -0.4 is 20.3 Å². The molecule has 37 heavy (non-hydrogen) atoms. The number of aryl methyl sites for hydroxylation is 1. The van der Waals surface area contributed by atoms with Gasteiger partial charge >= 0.3 is 0 Å². The van der Waals surface area contributed by atoms with Crippen LogP contribution in [0.5, 0.6) is 5.75 Å². The quantitative estimate of drug-likeness (QED) is 0.426. The van der Waals surface area contributed by atoms with Gasteiger partial charge in [0.25, 0.3) is 0 Å². The molecule has 0 saturated carbocycles. The Morgan fingerprint density at radius 3 is 2.89 bits per heavy atom. The average Bonchev–Trinajstić information content (AvgIpc) is 2.87. The van der Waals surface area contributed by atoms with Gasteiger partial charge in [-0.3, -0.25) is 4.79 Å². The highest BCUT2D eigenvalue weighted by atomic mass is 19.1. The van der Waals surface area contributed by atoms with Crippen molar-refractivity contribution in [2.45, 2.75) is 26.3 Å². The molecule has 3 heterocycles. The zero-order valence-corrected chi connectivity index (χ0v) is 21.8. The van der Waals surface area contributed by atoms with Gasteiger partial charge in [-0.05, 0) is 37.6 Å². The van der Waals surface area contributed by atoms with Gasteiger partial charge in [0.1, 0.15) is 24.0 Å². The van der Waals surface area contributed by atoms with Crippen LogP contribution in [0.25, 0.3) is 22.3 Å². The molecule has 9 nitrogen and oxygen atoms in total. The van der Waals surface area contributed by atoms with E-state index in [1.165, 1.54) is 6.07 Å². The molecule has 3 aromatic rings. The molecule has 1 amide bonds. The summed E-state index contributed by atoms with van der Waals surface area (Å²) in [6.45, 7) is 10.8. The second-order valence-corrected chi connectivity index (χ2v) is 9.32. The second-order valence-electron chi connectivity index (χ2n) is 9.32. The summed E-state index contributed by atoms with van der Waals surface area (Å²) in [6.07, 6.45) is 1.92. The summed E-state index contributed by atoms with van der Waals surface area (Å²) in [5.41, 5.74) is 1.96. The van der Waals surface area contributed by atoms with Gasteiger partial charge in [0.15, 0.2) is 5.65 Å². The number of carbonyl (C=O) groups excluding carboxylic acids is 1. The molecule has 1 aliphatic heterocycles. The van der Waals surface area contributed by atoms with E-state index in [-0.39, 0.29) is 24.1 Å². The standard InChI is InChI=1S/C27H34FN7O2/c1-6-14-37-21-9-7-8-20(28)23(21)24-17(2)15-19-25(31-24)32-27(30-11-10-22(36)34(4)5)33-26(19)35-13-12-29-16-18(35)3/h6-9,15,18,29H,1,10-14,16H2,2-5H3,(H,30,31,32,33)/t18-/m1/s1. The molecule has 0 radical (unpaired) electrons. The zero-order valence-electron chi connectivity index (χ0n) is 21.8. The number of fused-ring (bicyclic) bond motifs is 1. The van der Waals surface area contributed by atoms with Crippen molar-refractivity contribution in [1.82, 2.24) is 25.2 Å². The largest absolute Gasteiger partial charge is 0.489 e. The van der Waals surface area contributed by atoms with E-state index in [9.17, 15) is 4.79 Å². The van der Waals surface area contributed by atoms with Crippen molar-refractivity contribution in [2.24, 2.45) is 0 Å². The number of aromatic nitrogens is 3. The molecule has 1 aromatic carbocycles. The molecule has 1 aliphatic rings. The van der Waals surface area contributed by atoms with Crippen LogP contribution in [-0.2, 0) is 4.79 Å². The molecular weight excluding hydrogens is 473 g/mol. The molecule has 4 rings (SSSR count). The SMILES string of the molecule is C=CCOc1cccc(F)c1-c1nc2nc(NCCC(=O)N(C)C)nc(N3CCNC[C@H]3C)c2cc1C. The molecule has 0 spiro atoms. The number of hydrogen-bond donors (Lipinski definition) is 2. The van der Waals surface area contributed by atoms with Crippen molar-refractivity contribution >= 4 is 28.7 Å². The summed E-state index contributed by atoms with van der Waals surface area (Å²) >= 11 is 0. The van der Waals surface area contributed by atoms with Crippen LogP contribution in [0, 0.1) is 12.7 Å². The van der Waals surface area contributed by atoms with Crippen LogP contribution in [0.3, 0.4) is 0 Å². The number of carbonyl (C=O) groups is 1. The van der Waals surface area contributed by atoms with Crippen LogP contribution in [0.15, 0.2) is 36.9 Å². The summed E-state index contributed by atoms with van der Waals surface area (Å²) < 4.78 is 20.9. The van der Waals surface area contributed by atoms with Gasteiger partial charge in [0.05, 0.1) is 16.6 Å². The van der Waals surface area contributed by atoms with Gasteiger partial charge in [0.2, 0.25) is 11.9 Å². The highest BCUT2D eigenvalue weighted by Crippen LogP contribution is 2.36. The Morgan fingerprint density at radius 2 is 2.16 bits per heavy atom. The van der Waals surface area contributed by atoms with Gasteiger partial charge in [-0.25, -0.2) is 9.37 Å². The zero-order chi connectivity index (χ0) is 26.5. The summed E-state index contributed by atoms with van der Waals surface area (Å²) in [5, 5.41) is 7.37. The molecule has 2 N–H and O–H groups in total. The number of nitrogens with one attached hydrogen (secondary N) is 2. The lowest BCUT2D eigenvalue weighted by Gasteiger charge is -2.35. The number of piperazine rings is 1. The Balaban J connectivity index is 1.82. The van der Waals surface area contributed by atoms with Crippen molar-refractivity contribution in [2.75, 3.05) is 57.1 Å². The Bertz CT molecular complexity index is 1300. The maximum absolute atomic E-state index is 15.1. The Hall–Kier alpha value is -3.79. The maximum Gasteiger partial charge on any atom is 0.226 e. The van der Waals surface area contributed by atoms with Crippen molar-refractivity contribution in [3.63, 3.8) is 0 Å². The molecule has 0 unspecified atom stereocenters. The first-order chi connectivity index (χ1) is 17.8. The van der Waals surface area contributed by atoms with Gasteiger partial charge in [-0.15, -0.1) is 0 Å². The number of benzene rings is 1. The topological polar surface area (TPSA) is 95.5 Å². The maximum atomic E-state index is 15.1. The number of halogens is 1. The van der Waals surface area contributed by atoms with Gasteiger partial charge < -0.3 is 25.2 Å². The van der Waals surface area contributed by atoms with Crippen molar-refractivity contribution in [3.8, 4) is 17.0 Å². The Kier molecular flexibility index (Phi) is 8.17. The smallest absolute Gasteiger partial charge is 0.226 e. The third-order valence-corrected chi connectivity index (χ3v) is 6.32. The van der Waals surface area contributed by atoms with E-state index in [4.69, 9.17) is 14.7 Å². The lowest BCUT2D eigenvalue weighted by molar-refractivity contribution is -0.128. The van der Waals surface area contributed by atoms with E-state index in [2.05, 4.69) is 34.0 Å². The molecular formula is C27H34FN7O2. The Labute approximate surface area is 216 Å². The third-order valence-electron chi connectivity index (χ3n) is 6.32. The predicted octanol–water partition coefficient (Wildman–Crippen LogP) is 3.39. The lowest BCUT2D eigenvalue weighted by Crippen LogP contribution is -2.50. The average molecular weight is 508 g/mol. The second kappa shape index (κ2) is 11.5. The van der Waals surface area contributed by atoms with Crippen LogP contribution in [0.1, 0.15) is 18.9 Å². The van der Waals surface area contributed by atoms with E-state index >= 15 is 4.39 Å². The van der Waals surface area contributed by atoms with E-state index in [1.807, 2.05) is 13.0 Å². The molecule has 1 atom stereocenters. The number of nitrogens with zero attached hydrogens (tertiary/aromatic N) is 5. The molecule has 1 fully saturated rings. The van der Waals surface area contributed by atoms with Crippen LogP contribution in [-0.4, -0.2) is 78.7 Å². The monoisotopic (exact) mass is 507 g/mol. The molecule has 0 bridgehead atoms. The fraction of sp³-hybridized carbons (Fsp3) is 0.407. The van der Waals surface area contributed by atoms with Crippen LogP contribution in [0.4, 0.5) is 16.2 Å². The van der Waals surface area contributed by atoms with Gasteiger partial charge in [0, 0.05) is 52.7 Å². The first-order valence-corrected chi connectivity index (χ1v) is 12.4. The summed E-state index contributed by atoms with van der Waals surface area (Å²) in [4.78, 5) is 30.2. The lowest BCUT2D eigenvalue weighted by atomic mass is 10.0. The minimum atomic E-state index is -0.429. The van der Waals surface area contributed by atoms with Crippen LogP contribution in [0.2, 0.25) is 0 Å². The van der Waals surface area contributed by atoms with Crippen molar-refractivity contribution in [1.29, 1.82) is 0 Å². The molecule has 0 aliphatic carbocycles. The van der Waals surface area contributed by atoms with Crippen molar-refractivity contribution in [3.05, 3.63) is 48.3 Å². The number of rotatable bonds is 9. The fourth-order valence-corrected chi connectivity index (χ4v) is 4.35. The minimum absolute atomic E-state index is 0.00637. The highest BCUT2D eigenvalue weighted by Gasteiger charge is 2.25. The minimum Gasteiger partial charge on any atom is -0.489 e. The number of anilines is 2. The van der Waals surface area contributed by atoms with Gasteiger partial charge in [-0.2, -0.15) is 9.97 Å². The Morgan fingerprint density at radius 1 is 1.35 bits per heavy atom. The predicted molar refractivity (Wildman–Crippen MR) is 145 cm³/mol. The first-order valence-electron chi connectivity index (χ1n) is 12.4. The number of amides is 1. The van der Waals surface area contributed by atoms with E-state index < -0.39 is 5.82 Å². The fourth-order valence-electron chi connectivity index (χ4n) is 4.35. The van der Waals surface area contributed by atoms with Gasteiger partial charge in [-0.1, -0.05) is 18.7 Å². The summed E-state index contributed by atoms with van der Waals surface area (Å²) in [5.74, 6) is 1.10. The normalized spacial score (nSPS) is 15.5. The summed E-state index contributed by atoms with van der Waals surface area (Å²) in [7, 11) is 3.45. The molecule has 196 valence electrons. The number of hydrogen-bond acceptors (Lipinski definition) is 8. The first kappa shape index (κ1) is 26.3. The molecule has 10 heteroatoms. The van der Waals surface area contributed by atoms with Crippen molar-refractivity contribution < 1.29 is 13.9 Å². The highest BCUT2D eigenvalue weighted by molar-refractivity contribution is 5.91. The van der Waals surface area contributed by atoms with E-state index in [1.54, 1.807) is 37.2 Å². The number of ether oxygens (including phenoxy) is 1.